The van der Waals surface area contributed by atoms with Crippen LogP contribution in [0.4, 0.5) is 4.39 Å². The molecular weight excluding hydrogens is 199 g/mol. The van der Waals surface area contributed by atoms with Crippen LogP contribution in [0.1, 0.15) is 37.7 Å². The molecule has 1 rings (SSSR count). The van der Waals surface area contributed by atoms with E-state index in [-0.39, 0.29) is 11.7 Å². The van der Waals surface area contributed by atoms with Gasteiger partial charge in [0.15, 0.2) is 0 Å². The molecule has 0 nitrogen and oxygen atoms in total. The first-order valence-electron chi connectivity index (χ1n) is 5.10. The van der Waals surface area contributed by atoms with Crippen molar-refractivity contribution in [3.05, 3.63) is 35.6 Å². The summed E-state index contributed by atoms with van der Waals surface area (Å²) in [5.74, 6) is 0.535. The van der Waals surface area contributed by atoms with Crippen molar-refractivity contribution in [2.75, 3.05) is 5.88 Å². The molecule has 0 aliphatic rings. The smallest absolute Gasteiger partial charge is 0.126 e. The molecule has 0 bridgehead atoms. The lowest BCUT2D eigenvalue weighted by molar-refractivity contribution is 0.562. The van der Waals surface area contributed by atoms with Gasteiger partial charge in [-0.05, 0) is 18.1 Å². The summed E-state index contributed by atoms with van der Waals surface area (Å²) in [6.07, 6.45) is 3.20. The Kier molecular flexibility index (Phi) is 4.95. The molecule has 0 radical (unpaired) electrons. The van der Waals surface area contributed by atoms with E-state index in [0.29, 0.717) is 5.88 Å². The van der Waals surface area contributed by atoms with E-state index in [1.807, 2.05) is 12.1 Å². The zero-order chi connectivity index (χ0) is 10.4. The first-order chi connectivity index (χ1) is 6.79. The lowest BCUT2D eigenvalue weighted by Gasteiger charge is -2.14. The second-order valence-electron chi connectivity index (χ2n) is 3.51. The van der Waals surface area contributed by atoms with Gasteiger partial charge in [-0.3, -0.25) is 0 Å². The highest BCUT2D eigenvalue weighted by molar-refractivity contribution is 6.18. The maximum atomic E-state index is 13.4. The molecule has 78 valence electrons. The summed E-state index contributed by atoms with van der Waals surface area (Å²) >= 11 is 5.84. The van der Waals surface area contributed by atoms with Crippen LogP contribution in [0.15, 0.2) is 24.3 Å². The average molecular weight is 215 g/mol. The second-order valence-corrected chi connectivity index (χ2v) is 3.82. The van der Waals surface area contributed by atoms with Crippen LogP contribution >= 0.6 is 11.6 Å². The molecule has 0 aliphatic heterocycles. The Bertz CT molecular complexity index is 273. The van der Waals surface area contributed by atoms with Gasteiger partial charge in [-0.25, -0.2) is 4.39 Å². The lowest BCUT2D eigenvalue weighted by Crippen LogP contribution is -2.03. The number of unbranched alkanes of at least 4 members (excludes halogenated alkanes) is 1. The fourth-order valence-corrected chi connectivity index (χ4v) is 1.89. The third-order valence-electron chi connectivity index (χ3n) is 2.44. The zero-order valence-corrected chi connectivity index (χ0v) is 9.23. The fraction of sp³-hybridized carbons (Fsp3) is 0.500. The van der Waals surface area contributed by atoms with Crippen molar-refractivity contribution in [2.45, 2.75) is 32.1 Å². The highest BCUT2D eigenvalue weighted by atomic mass is 35.5. The van der Waals surface area contributed by atoms with Crippen LogP contribution in [0.5, 0.6) is 0 Å². The van der Waals surface area contributed by atoms with Crippen LogP contribution in [0, 0.1) is 5.82 Å². The van der Waals surface area contributed by atoms with Crippen molar-refractivity contribution in [1.82, 2.24) is 0 Å². The van der Waals surface area contributed by atoms with E-state index in [1.54, 1.807) is 6.07 Å². The van der Waals surface area contributed by atoms with Gasteiger partial charge in [0.2, 0.25) is 0 Å². The Labute approximate surface area is 90.1 Å². The Morgan fingerprint density at radius 3 is 2.64 bits per heavy atom. The summed E-state index contributed by atoms with van der Waals surface area (Å²) < 4.78 is 13.4. The number of alkyl halides is 1. The van der Waals surface area contributed by atoms with Crippen molar-refractivity contribution < 1.29 is 4.39 Å². The molecule has 2 heteroatoms. The first-order valence-corrected chi connectivity index (χ1v) is 5.63. The van der Waals surface area contributed by atoms with Gasteiger partial charge in [-0.2, -0.15) is 0 Å². The lowest BCUT2D eigenvalue weighted by atomic mass is 9.95. The van der Waals surface area contributed by atoms with Crippen molar-refractivity contribution in [3.8, 4) is 0 Å². The summed E-state index contributed by atoms with van der Waals surface area (Å²) in [6.45, 7) is 2.13. The van der Waals surface area contributed by atoms with Crippen LogP contribution in [0.3, 0.4) is 0 Å². The second kappa shape index (κ2) is 6.02. The van der Waals surface area contributed by atoms with Gasteiger partial charge >= 0.3 is 0 Å². The highest BCUT2D eigenvalue weighted by Gasteiger charge is 2.13. The van der Waals surface area contributed by atoms with Crippen molar-refractivity contribution in [2.24, 2.45) is 0 Å². The Balaban J connectivity index is 2.73. The minimum atomic E-state index is -0.130. The van der Waals surface area contributed by atoms with E-state index in [2.05, 4.69) is 6.92 Å². The van der Waals surface area contributed by atoms with Gasteiger partial charge in [-0.1, -0.05) is 38.0 Å². The molecule has 14 heavy (non-hydrogen) atoms. The SMILES string of the molecule is CCCCC(CCl)c1ccccc1F. The zero-order valence-electron chi connectivity index (χ0n) is 8.47. The van der Waals surface area contributed by atoms with E-state index in [4.69, 9.17) is 11.6 Å². The minimum Gasteiger partial charge on any atom is -0.207 e. The van der Waals surface area contributed by atoms with Crippen LogP contribution < -0.4 is 0 Å². The van der Waals surface area contributed by atoms with Crippen LogP contribution in [0.25, 0.3) is 0 Å². The number of benzene rings is 1. The predicted molar refractivity (Wildman–Crippen MR) is 59.4 cm³/mol. The van der Waals surface area contributed by atoms with Gasteiger partial charge < -0.3 is 0 Å². The van der Waals surface area contributed by atoms with E-state index in [9.17, 15) is 4.39 Å². The maximum Gasteiger partial charge on any atom is 0.126 e. The molecule has 1 atom stereocenters. The van der Waals surface area contributed by atoms with Crippen molar-refractivity contribution >= 4 is 11.6 Å². The summed E-state index contributed by atoms with van der Waals surface area (Å²) in [7, 11) is 0. The molecule has 0 N–H and O–H groups in total. The van der Waals surface area contributed by atoms with Gasteiger partial charge in [-0.15, -0.1) is 11.6 Å². The molecular formula is C12H16ClF. The molecule has 0 fully saturated rings. The monoisotopic (exact) mass is 214 g/mol. The molecule has 0 amide bonds. The van der Waals surface area contributed by atoms with E-state index in [1.165, 1.54) is 6.07 Å². The highest BCUT2D eigenvalue weighted by Crippen LogP contribution is 2.25. The summed E-state index contributed by atoms with van der Waals surface area (Å²) in [6, 6.07) is 6.91. The standard InChI is InChI=1S/C12H16ClF/c1-2-3-6-10(9-13)11-7-4-5-8-12(11)14/h4-5,7-8,10H,2-3,6,9H2,1H3. The number of halogens is 2. The average Bonchev–Trinajstić information content (AvgIpc) is 2.21. The Morgan fingerprint density at radius 2 is 2.07 bits per heavy atom. The van der Waals surface area contributed by atoms with Gasteiger partial charge in [0.25, 0.3) is 0 Å². The Hall–Kier alpha value is -0.560. The summed E-state index contributed by atoms with van der Waals surface area (Å²) in [5.41, 5.74) is 0.760. The van der Waals surface area contributed by atoms with Gasteiger partial charge in [0, 0.05) is 11.8 Å². The fourth-order valence-electron chi connectivity index (χ4n) is 1.57. The molecule has 0 spiro atoms. The molecule has 0 saturated carbocycles. The van der Waals surface area contributed by atoms with E-state index < -0.39 is 0 Å². The third-order valence-corrected chi connectivity index (χ3v) is 2.81. The predicted octanol–water partition coefficient (Wildman–Crippen LogP) is 4.34. The quantitative estimate of drug-likeness (QED) is 0.640. The van der Waals surface area contributed by atoms with Gasteiger partial charge in [0.1, 0.15) is 5.82 Å². The minimum absolute atomic E-state index is 0.130. The molecule has 1 aromatic rings. The van der Waals surface area contributed by atoms with Crippen molar-refractivity contribution in [3.63, 3.8) is 0 Å². The van der Waals surface area contributed by atoms with Crippen LogP contribution in [-0.2, 0) is 0 Å². The van der Waals surface area contributed by atoms with Crippen LogP contribution in [-0.4, -0.2) is 5.88 Å². The maximum absolute atomic E-state index is 13.4. The molecule has 1 aromatic carbocycles. The van der Waals surface area contributed by atoms with E-state index in [0.717, 1.165) is 24.8 Å². The van der Waals surface area contributed by atoms with Gasteiger partial charge in [0.05, 0.1) is 0 Å². The van der Waals surface area contributed by atoms with E-state index >= 15 is 0 Å². The molecule has 0 saturated heterocycles. The molecule has 0 heterocycles. The molecule has 0 aliphatic carbocycles. The largest absolute Gasteiger partial charge is 0.207 e. The molecule has 1 unspecified atom stereocenters. The summed E-state index contributed by atoms with van der Waals surface area (Å²) in [4.78, 5) is 0. The third kappa shape index (κ3) is 2.98. The number of hydrogen-bond donors (Lipinski definition) is 0. The first kappa shape index (κ1) is 11.5. The molecule has 0 aromatic heterocycles. The van der Waals surface area contributed by atoms with Crippen LogP contribution in [0.2, 0.25) is 0 Å². The number of rotatable bonds is 5. The van der Waals surface area contributed by atoms with Crippen molar-refractivity contribution in [1.29, 1.82) is 0 Å². The topological polar surface area (TPSA) is 0 Å². The normalized spacial score (nSPS) is 12.8. The number of hydrogen-bond acceptors (Lipinski definition) is 0. The Morgan fingerprint density at radius 1 is 1.36 bits per heavy atom. The summed E-state index contributed by atoms with van der Waals surface area (Å²) in [5, 5.41) is 0.